The first kappa shape index (κ1) is 14.0. The van der Waals surface area contributed by atoms with Gasteiger partial charge in [0.15, 0.2) is 0 Å². The second-order valence-corrected chi connectivity index (χ2v) is 6.43. The summed E-state index contributed by atoms with van der Waals surface area (Å²) in [5.41, 5.74) is 10.5. The number of nitrogens with zero attached hydrogens (tertiary/aromatic N) is 1. The van der Waals surface area contributed by atoms with Crippen LogP contribution in [0.4, 0.5) is 5.69 Å². The van der Waals surface area contributed by atoms with Crippen molar-refractivity contribution in [3.8, 4) is 0 Å². The molecular weight excluding hydrogens is 278 g/mol. The standard InChI is InChI=1S/C17H19N3S/c1-2-21-15-9-5-8-14(16(15)17(18)19)20-10-12-6-3-4-7-13(12)11-20/h3-9H,2,10-11H2,1H3,(H3,18,19). The van der Waals surface area contributed by atoms with Gasteiger partial charge in [-0.05, 0) is 29.0 Å². The number of thioether (sulfide) groups is 1. The summed E-state index contributed by atoms with van der Waals surface area (Å²) in [5, 5.41) is 7.96. The first-order valence-corrected chi connectivity index (χ1v) is 8.11. The van der Waals surface area contributed by atoms with Gasteiger partial charge in [0.1, 0.15) is 5.84 Å². The third-order valence-corrected chi connectivity index (χ3v) is 4.69. The molecule has 0 spiro atoms. The van der Waals surface area contributed by atoms with Gasteiger partial charge in [-0.3, -0.25) is 5.41 Å². The highest BCUT2D eigenvalue weighted by molar-refractivity contribution is 7.99. The Morgan fingerprint density at radius 1 is 1.14 bits per heavy atom. The number of nitrogens with one attached hydrogen (secondary N) is 1. The molecule has 0 unspecified atom stereocenters. The fraction of sp³-hybridized carbons (Fsp3) is 0.235. The van der Waals surface area contributed by atoms with Crippen LogP contribution >= 0.6 is 11.8 Å². The molecule has 1 heterocycles. The van der Waals surface area contributed by atoms with Gasteiger partial charge in [0.05, 0.1) is 5.56 Å². The van der Waals surface area contributed by atoms with Gasteiger partial charge in [-0.25, -0.2) is 0 Å². The number of fused-ring (bicyclic) bond motifs is 1. The molecule has 1 aliphatic rings. The SMILES string of the molecule is CCSc1cccc(N2Cc3ccccc3C2)c1C(=N)N. The van der Waals surface area contributed by atoms with Crippen LogP contribution < -0.4 is 10.6 Å². The van der Waals surface area contributed by atoms with Crippen molar-refractivity contribution in [2.24, 2.45) is 5.73 Å². The summed E-state index contributed by atoms with van der Waals surface area (Å²) in [6.45, 7) is 3.89. The molecule has 108 valence electrons. The van der Waals surface area contributed by atoms with Crippen molar-refractivity contribution in [2.75, 3.05) is 10.7 Å². The van der Waals surface area contributed by atoms with Gasteiger partial charge in [0, 0.05) is 23.7 Å². The summed E-state index contributed by atoms with van der Waals surface area (Å²) in [7, 11) is 0. The van der Waals surface area contributed by atoms with Crippen LogP contribution in [-0.2, 0) is 13.1 Å². The molecule has 0 saturated carbocycles. The summed E-state index contributed by atoms with van der Waals surface area (Å²) in [4.78, 5) is 3.40. The van der Waals surface area contributed by atoms with Crippen LogP contribution in [0.3, 0.4) is 0 Å². The monoisotopic (exact) mass is 297 g/mol. The summed E-state index contributed by atoms with van der Waals surface area (Å²) in [6.07, 6.45) is 0. The first-order valence-electron chi connectivity index (χ1n) is 7.12. The van der Waals surface area contributed by atoms with Crippen LogP contribution in [0.15, 0.2) is 47.4 Å². The minimum Gasteiger partial charge on any atom is -0.384 e. The van der Waals surface area contributed by atoms with Crippen LogP contribution in [0.5, 0.6) is 0 Å². The zero-order valence-corrected chi connectivity index (χ0v) is 12.9. The van der Waals surface area contributed by atoms with Crippen LogP contribution in [0, 0.1) is 5.41 Å². The lowest BCUT2D eigenvalue weighted by Gasteiger charge is -2.22. The van der Waals surface area contributed by atoms with E-state index in [1.807, 2.05) is 0 Å². The molecular formula is C17H19N3S. The molecule has 0 atom stereocenters. The zero-order chi connectivity index (χ0) is 14.8. The van der Waals surface area contributed by atoms with E-state index in [1.165, 1.54) is 11.1 Å². The second-order valence-electron chi connectivity index (χ2n) is 5.12. The van der Waals surface area contributed by atoms with Crippen LogP contribution in [0.2, 0.25) is 0 Å². The Kier molecular flexibility index (Phi) is 3.88. The lowest BCUT2D eigenvalue weighted by atomic mass is 10.1. The van der Waals surface area contributed by atoms with E-state index in [2.05, 4.69) is 54.3 Å². The van der Waals surface area contributed by atoms with Crippen LogP contribution in [-0.4, -0.2) is 11.6 Å². The average Bonchev–Trinajstić information content (AvgIpc) is 2.91. The lowest BCUT2D eigenvalue weighted by molar-refractivity contribution is 0.876. The van der Waals surface area contributed by atoms with Crippen molar-refractivity contribution in [3.63, 3.8) is 0 Å². The van der Waals surface area contributed by atoms with Crippen molar-refractivity contribution in [1.29, 1.82) is 5.41 Å². The van der Waals surface area contributed by atoms with E-state index >= 15 is 0 Å². The Morgan fingerprint density at radius 2 is 1.81 bits per heavy atom. The van der Waals surface area contributed by atoms with Gasteiger partial charge >= 0.3 is 0 Å². The van der Waals surface area contributed by atoms with Crippen molar-refractivity contribution < 1.29 is 0 Å². The molecule has 4 heteroatoms. The number of nitrogen functional groups attached to an aromatic ring is 1. The van der Waals surface area contributed by atoms with Gasteiger partial charge in [-0.2, -0.15) is 0 Å². The molecule has 0 amide bonds. The predicted molar refractivity (Wildman–Crippen MR) is 90.2 cm³/mol. The molecule has 3 rings (SSSR count). The van der Waals surface area contributed by atoms with E-state index in [-0.39, 0.29) is 5.84 Å². The van der Waals surface area contributed by atoms with Crippen molar-refractivity contribution in [2.45, 2.75) is 24.9 Å². The molecule has 2 aromatic rings. The van der Waals surface area contributed by atoms with Crippen LogP contribution in [0.1, 0.15) is 23.6 Å². The molecule has 3 nitrogen and oxygen atoms in total. The van der Waals surface area contributed by atoms with Crippen molar-refractivity contribution >= 4 is 23.3 Å². The van der Waals surface area contributed by atoms with Crippen molar-refractivity contribution in [1.82, 2.24) is 0 Å². The fourth-order valence-corrected chi connectivity index (χ4v) is 3.68. The summed E-state index contributed by atoms with van der Waals surface area (Å²) >= 11 is 1.74. The average molecular weight is 297 g/mol. The third-order valence-electron chi connectivity index (χ3n) is 3.75. The van der Waals surface area contributed by atoms with E-state index in [9.17, 15) is 0 Å². The smallest absolute Gasteiger partial charge is 0.126 e. The van der Waals surface area contributed by atoms with E-state index in [0.717, 1.165) is 35.0 Å². The minimum absolute atomic E-state index is 0.150. The summed E-state index contributed by atoms with van der Waals surface area (Å²) in [6, 6.07) is 14.7. The highest BCUT2D eigenvalue weighted by Crippen LogP contribution is 2.35. The summed E-state index contributed by atoms with van der Waals surface area (Å²) < 4.78 is 0. The Morgan fingerprint density at radius 3 is 2.38 bits per heavy atom. The van der Waals surface area contributed by atoms with E-state index in [1.54, 1.807) is 11.8 Å². The number of benzene rings is 2. The molecule has 0 aromatic heterocycles. The molecule has 0 fully saturated rings. The maximum absolute atomic E-state index is 7.96. The molecule has 0 saturated heterocycles. The zero-order valence-electron chi connectivity index (χ0n) is 12.1. The molecule has 3 N–H and O–H groups in total. The number of amidine groups is 1. The topological polar surface area (TPSA) is 53.1 Å². The predicted octanol–water partition coefficient (Wildman–Crippen LogP) is 3.60. The number of hydrogen-bond donors (Lipinski definition) is 2. The number of rotatable bonds is 4. The van der Waals surface area contributed by atoms with Gasteiger partial charge in [-0.15, -0.1) is 11.8 Å². The van der Waals surface area contributed by atoms with E-state index in [0.29, 0.717) is 0 Å². The fourth-order valence-electron chi connectivity index (χ4n) is 2.83. The maximum Gasteiger partial charge on any atom is 0.126 e. The number of anilines is 1. The largest absolute Gasteiger partial charge is 0.384 e. The molecule has 21 heavy (non-hydrogen) atoms. The highest BCUT2D eigenvalue weighted by atomic mass is 32.2. The Hall–Kier alpha value is -1.94. The molecule has 0 aliphatic carbocycles. The Bertz CT molecular complexity index is 656. The van der Waals surface area contributed by atoms with Gasteiger partial charge in [0.2, 0.25) is 0 Å². The summed E-state index contributed by atoms with van der Waals surface area (Å²) in [5.74, 6) is 1.13. The van der Waals surface area contributed by atoms with E-state index in [4.69, 9.17) is 11.1 Å². The Labute approximate surface area is 129 Å². The quantitative estimate of drug-likeness (QED) is 0.515. The van der Waals surface area contributed by atoms with Crippen LogP contribution in [0.25, 0.3) is 0 Å². The highest BCUT2D eigenvalue weighted by Gasteiger charge is 2.22. The molecule has 0 radical (unpaired) electrons. The number of hydrogen-bond acceptors (Lipinski definition) is 3. The molecule has 0 bridgehead atoms. The second kappa shape index (κ2) is 5.82. The van der Waals surface area contributed by atoms with Gasteiger partial charge < -0.3 is 10.6 Å². The van der Waals surface area contributed by atoms with Crippen molar-refractivity contribution in [3.05, 3.63) is 59.2 Å². The van der Waals surface area contributed by atoms with E-state index < -0.39 is 0 Å². The molecule has 1 aliphatic heterocycles. The Balaban J connectivity index is 2.00. The maximum atomic E-state index is 7.96. The third kappa shape index (κ3) is 2.63. The number of nitrogens with two attached hydrogens (primary N) is 1. The normalized spacial score (nSPS) is 13.3. The van der Waals surface area contributed by atoms with Gasteiger partial charge in [-0.1, -0.05) is 37.3 Å². The minimum atomic E-state index is 0.150. The lowest BCUT2D eigenvalue weighted by Crippen LogP contribution is -2.22. The molecule has 2 aromatic carbocycles. The van der Waals surface area contributed by atoms with Gasteiger partial charge in [0.25, 0.3) is 0 Å². The first-order chi connectivity index (χ1) is 10.2.